The second-order valence-electron chi connectivity index (χ2n) is 8.83. The highest BCUT2D eigenvalue weighted by atomic mass is 14.9. The van der Waals surface area contributed by atoms with E-state index < -0.39 is 0 Å². The van der Waals surface area contributed by atoms with Gasteiger partial charge in [-0.2, -0.15) is 0 Å². The van der Waals surface area contributed by atoms with Crippen molar-refractivity contribution in [1.82, 2.24) is 4.40 Å². The van der Waals surface area contributed by atoms with Crippen molar-refractivity contribution >= 4 is 48.9 Å². The monoisotopic (exact) mass is 395 g/mol. The number of benzene rings is 5. The number of nitrogens with zero attached hydrogens (tertiary/aromatic N) is 1. The van der Waals surface area contributed by atoms with Crippen LogP contribution in [0, 0.1) is 13.8 Å². The molecule has 0 N–H and O–H groups in total. The third kappa shape index (κ3) is 2.21. The molecule has 2 aromatic heterocycles. The SMILES string of the molecule is Cc1cc(C)cc(-c2ccc3c(c2)c2cccc4c5c6ccccc6ccc5n3c24)c1. The lowest BCUT2D eigenvalue weighted by molar-refractivity contribution is 1.37. The predicted molar refractivity (Wildman–Crippen MR) is 134 cm³/mol. The molecule has 5 aromatic carbocycles. The van der Waals surface area contributed by atoms with Gasteiger partial charge in [-0.1, -0.05) is 83.9 Å². The minimum Gasteiger partial charge on any atom is -0.308 e. The van der Waals surface area contributed by atoms with Crippen LogP contribution in [-0.2, 0) is 0 Å². The van der Waals surface area contributed by atoms with Gasteiger partial charge in [0.05, 0.1) is 16.6 Å². The van der Waals surface area contributed by atoms with Gasteiger partial charge in [-0.05, 0) is 53.9 Å². The van der Waals surface area contributed by atoms with Crippen LogP contribution in [0.5, 0.6) is 0 Å². The van der Waals surface area contributed by atoms with E-state index in [-0.39, 0.29) is 0 Å². The quantitative estimate of drug-likeness (QED) is 0.263. The maximum absolute atomic E-state index is 2.47. The van der Waals surface area contributed by atoms with E-state index in [9.17, 15) is 0 Å². The highest BCUT2D eigenvalue weighted by Gasteiger charge is 2.18. The third-order valence-corrected chi connectivity index (χ3v) is 6.76. The molecular weight excluding hydrogens is 374 g/mol. The molecule has 31 heavy (non-hydrogen) atoms. The molecule has 146 valence electrons. The second kappa shape index (κ2) is 5.86. The van der Waals surface area contributed by atoms with Crippen LogP contribution in [0.15, 0.2) is 91.0 Å². The molecule has 0 radical (unpaired) electrons. The van der Waals surface area contributed by atoms with Crippen molar-refractivity contribution in [3.63, 3.8) is 0 Å². The summed E-state index contributed by atoms with van der Waals surface area (Å²) in [4.78, 5) is 0. The first-order valence-corrected chi connectivity index (χ1v) is 10.9. The summed E-state index contributed by atoms with van der Waals surface area (Å²) < 4.78 is 2.47. The molecule has 7 rings (SSSR count). The fraction of sp³-hybridized carbons (Fsp3) is 0.0667. The van der Waals surface area contributed by atoms with Gasteiger partial charge in [0.25, 0.3) is 0 Å². The molecule has 7 aromatic rings. The van der Waals surface area contributed by atoms with Crippen molar-refractivity contribution < 1.29 is 0 Å². The average molecular weight is 396 g/mol. The molecule has 0 aliphatic rings. The lowest BCUT2D eigenvalue weighted by Gasteiger charge is -2.07. The molecule has 0 unspecified atom stereocenters. The minimum absolute atomic E-state index is 1.28. The Labute approximate surface area is 180 Å². The molecule has 1 heteroatoms. The Bertz CT molecular complexity index is 1780. The van der Waals surface area contributed by atoms with E-state index in [1.807, 2.05) is 0 Å². The van der Waals surface area contributed by atoms with E-state index in [0.717, 1.165) is 0 Å². The fourth-order valence-electron chi connectivity index (χ4n) is 5.57. The highest BCUT2D eigenvalue weighted by molar-refractivity contribution is 6.28. The lowest BCUT2D eigenvalue weighted by atomic mass is 9.98. The number of aryl methyl sites for hydroxylation is 2. The normalized spacial score (nSPS) is 12.2. The van der Waals surface area contributed by atoms with Gasteiger partial charge in [-0.15, -0.1) is 0 Å². The third-order valence-electron chi connectivity index (χ3n) is 6.76. The Morgan fingerprint density at radius 2 is 1.26 bits per heavy atom. The van der Waals surface area contributed by atoms with E-state index in [0.29, 0.717) is 0 Å². The topological polar surface area (TPSA) is 4.41 Å². The standard InChI is InChI=1S/C30H21N/c1-18-14-19(2)16-22(15-18)21-11-12-27-26(17-21)24-8-5-9-25-29-23-7-4-3-6-20(23)10-13-28(29)31(27)30(24)25/h3-17H,1-2H3. The van der Waals surface area contributed by atoms with Gasteiger partial charge in [0.15, 0.2) is 0 Å². The van der Waals surface area contributed by atoms with Gasteiger partial charge in [0.1, 0.15) is 0 Å². The van der Waals surface area contributed by atoms with Crippen molar-refractivity contribution in [2.24, 2.45) is 0 Å². The number of hydrogen-bond donors (Lipinski definition) is 0. The molecule has 0 amide bonds. The second-order valence-corrected chi connectivity index (χ2v) is 8.83. The van der Waals surface area contributed by atoms with Crippen LogP contribution in [0.3, 0.4) is 0 Å². The summed E-state index contributed by atoms with van der Waals surface area (Å²) in [6.45, 7) is 4.35. The van der Waals surface area contributed by atoms with E-state index in [1.165, 1.54) is 71.1 Å². The largest absolute Gasteiger partial charge is 0.308 e. The first kappa shape index (κ1) is 16.9. The lowest BCUT2D eigenvalue weighted by Crippen LogP contribution is -1.84. The van der Waals surface area contributed by atoms with Gasteiger partial charge < -0.3 is 4.40 Å². The Morgan fingerprint density at radius 3 is 2.13 bits per heavy atom. The fourth-order valence-corrected chi connectivity index (χ4v) is 5.57. The number of aromatic nitrogens is 1. The van der Waals surface area contributed by atoms with Gasteiger partial charge in [-0.25, -0.2) is 0 Å². The van der Waals surface area contributed by atoms with E-state index in [1.54, 1.807) is 0 Å². The summed E-state index contributed by atoms with van der Waals surface area (Å²) in [6, 6.07) is 33.8. The molecule has 2 heterocycles. The Morgan fingerprint density at radius 1 is 0.516 bits per heavy atom. The number of rotatable bonds is 1. The zero-order valence-electron chi connectivity index (χ0n) is 17.6. The highest BCUT2D eigenvalue weighted by Crippen LogP contribution is 2.42. The van der Waals surface area contributed by atoms with Gasteiger partial charge in [0, 0.05) is 21.5 Å². The van der Waals surface area contributed by atoms with Crippen LogP contribution >= 0.6 is 0 Å². The van der Waals surface area contributed by atoms with Crippen LogP contribution in [0.2, 0.25) is 0 Å². The zero-order chi connectivity index (χ0) is 20.7. The first-order chi connectivity index (χ1) is 15.2. The van der Waals surface area contributed by atoms with Gasteiger partial charge in [-0.3, -0.25) is 0 Å². The van der Waals surface area contributed by atoms with Crippen molar-refractivity contribution in [2.45, 2.75) is 13.8 Å². The minimum atomic E-state index is 1.28. The maximum Gasteiger partial charge on any atom is 0.0620 e. The van der Waals surface area contributed by atoms with Crippen molar-refractivity contribution in [3.05, 3.63) is 102 Å². The predicted octanol–water partition coefficient (Wildman–Crippen LogP) is 8.27. The number of para-hydroxylation sites is 1. The summed E-state index contributed by atoms with van der Waals surface area (Å²) in [6.07, 6.45) is 0. The molecule has 0 saturated heterocycles. The molecule has 0 aliphatic heterocycles. The van der Waals surface area contributed by atoms with Crippen LogP contribution in [0.25, 0.3) is 60.0 Å². The molecule has 0 spiro atoms. The maximum atomic E-state index is 2.47. The summed E-state index contributed by atoms with van der Waals surface area (Å²) in [5.41, 5.74) is 9.09. The summed E-state index contributed by atoms with van der Waals surface area (Å²) in [5.74, 6) is 0. The molecule has 0 bridgehead atoms. The van der Waals surface area contributed by atoms with Crippen LogP contribution in [-0.4, -0.2) is 4.40 Å². The van der Waals surface area contributed by atoms with Gasteiger partial charge >= 0.3 is 0 Å². The van der Waals surface area contributed by atoms with Crippen LogP contribution in [0.1, 0.15) is 11.1 Å². The molecule has 1 nitrogen and oxygen atoms in total. The Kier molecular flexibility index (Phi) is 3.20. The first-order valence-electron chi connectivity index (χ1n) is 10.9. The van der Waals surface area contributed by atoms with Crippen LogP contribution in [0.4, 0.5) is 0 Å². The van der Waals surface area contributed by atoms with Crippen LogP contribution < -0.4 is 0 Å². The number of hydrogen-bond acceptors (Lipinski definition) is 0. The molecular formula is C30H21N. The van der Waals surface area contributed by atoms with E-state index >= 15 is 0 Å². The molecule has 0 aliphatic carbocycles. The molecule has 0 saturated carbocycles. The Balaban J connectivity index is 1.64. The average Bonchev–Trinajstić information content (AvgIpc) is 3.30. The smallest absolute Gasteiger partial charge is 0.0620 e. The van der Waals surface area contributed by atoms with Gasteiger partial charge in [0.2, 0.25) is 0 Å². The summed E-state index contributed by atoms with van der Waals surface area (Å²) in [5, 5.41) is 7.99. The summed E-state index contributed by atoms with van der Waals surface area (Å²) >= 11 is 0. The van der Waals surface area contributed by atoms with Crippen molar-refractivity contribution in [2.75, 3.05) is 0 Å². The number of fused-ring (bicyclic) bond motifs is 8. The van der Waals surface area contributed by atoms with Crippen molar-refractivity contribution in [1.29, 1.82) is 0 Å². The van der Waals surface area contributed by atoms with E-state index in [2.05, 4.69) is 109 Å². The Hall–Kier alpha value is -3.84. The molecule has 0 atom stereocenters. The molecule has 0 fully saturated rings. The van der Waals surface area contributed by atoms with Crippen molar-refractivity contribution in [3.8, 4) is 11.1 Å². The zero-order valence-corrected chi connectivity index (χ0v) is 17.6. The van der Waals surface area contributed by atoms with E-state index in [4.69, 9.17) is 0 Å². The summed E-state index contributed by atoms with van der Waals surface area (Å²) in [7, 11) is 0.